The van der Waals surface area contributed by atoms with Gasteiger partial charge in [-0.1, -0.05) is 50.2 Å². The maximum absolute atomic E-state index is 13.3. The number of carbonyl (C=O) groups is 1. The second kappa shape index (κ2) is 10.1. The van der Waals surface area contributed by atoms with Crippen LogP contribution >= 0.6 is 22.7 Å². The normalized spacial score (nSPS) is 11.0. The number of nitrogen functional groups attached to an aromatic ring is 2. The third-order valence-corrected chi connectivity index (χ3v) is 8.03. The number of amides is 1. The number of hydrogen-bond donors (Lipinski definition) is 3. The zero-order valence-corrected chi connectivity index (χ0v) is 22.5. The lowest BCUT2D eigenvalue weighted by Crippen LogP contribution is -2.11. The molecule has 10 heteroatoms. The van der Waals surface area contributed by atoms with E-state index in [4.69, 9.17) is 16.2 Å². The van der Waals surface area contributed by atoms with Crippen molar-refractivity contribution in [3.63, 3.8) is 0 Å². The van der Waals surface area contributed by atoms with Gasteiger partial charge in [0.05, 0.1) is 18.5 Å². The van der Waals surface area contributed by atoms with Crippen LogP contribution in [0.2, 0.25) is 0 Å². The highest BCUT2D eigenvalue weighted by molar-refractivity contribution is 7.21. The molecule has 2 aromatic carbocycles. The Morgan fingerprint density at radius 1 is 1.11 bits per heavy atom. The van der Waals surface area contributed by atoms with Crippen LogP contribution in [-0.2, 0) is 0 Å². The highest BCUT2D eigenvalue weighted by atomic mass is 32.1. The Bertz CT molecular complexity index is 1710. The average Bonchev–Trinajstić information content (AvgIpc) is 3.52. The van der Waals surface area contributed by atoms with Crippen LogP contribution in [0.3, 0.4) is 0 Å². The number of benzene rings is 2. The van der Waals surface area contributed by atoms with Gasteiger partial charge in [-0.05, 0) is 29.2 Å². The van der Waals surface area contributed by atoms with Gasteiger partial charge in [0.25, 0.3) is 5.91 Å². The summed E-state index contributed by atoms with van der Waals surface area (Å²) < 4.78 is 5.29. The molecule has 190 valence electrons. The molecule has 0 aliphatic heterocycles. The van der Waals surface area contributed by atoms with Crippen LogP contribution in [0.25, 0.3) is 32.6 Å². The number of thiophene rings is 1. The number of nitrogens with two attached hydrogens (primary N) is 2. The van der Waals surface area contributed by atoms with Crippen LogP contribution < -0.4 is 21.5 Å². The van der Waals surface area contributed by atoms with Crippen molar-refractivity contribution in [1.29, 1.82) is 5.26 Å². The molecule has 8 nitrogen and oxygen atoms in total. The number of aromatic nitrogens is 2. The van der Waals surface area contributed by atoms with Crippen LogP contribution in [0.4, 0.5) is 16.6 Å². The van der Waals surface area contributed by atoms with Crippen molar-refractivity contribution in [2.45, 2.75) is 19.8 Å². The van der Waals surface area contributed by atoms with E-state index in [0.717, 1.165) is 28.2 Å². The van der Waals surface area contributed by atoms with E-state index in [0.29, 0.717) is 32.5 Å². The molecule has 0 aliphatic rings. The lowest BCUT2D eigenvalue weighted by molar-refractivity contribution is 0.103. The van der Waals surface area contributed by atoms with Gasteiger partial charge in [0.15, 0.2) is 5.13 Å². The standard InChI is InChI=1S/C28H24N6O2S2/c1-14(2)15-7-9-16(10-8-15)21-19(12-29)25(31)33-27-22(21)23(30)24(38-27)26(35)34-28-32-20(13-37-28)17-5-4-6-18(11-17)36-3/h4-11,13-14H,30H2,1-3H3,(H2,31,33)(H,32,34,35). The minimum atomic E-state index is -0.407. The van der Waals surface area contributed by atoms with E-state index in [2.05, 4.69) is 35.2 Å². The number of rotatable bonds is 6. The third-order valence-electron chi connectivity index (χ3n) is 6.18. The Morgan fingerprint density at radius 3 is 2.55 bits per heavy atom. The molecule has 0 bridgehead atoms. The first-order chi connectivity index (χ1) is 18.3. The quantitative estimate of drug-likeness (QED) is 0.223. The van der Waals surface area contributed by atoms with Gasteiger partial charge in [-0.2, -0.15) is 5.26 Å². The van der Waals surface area contributed by atoms with Crippen LogP contribution in [-0.4, -0.2) is 23.0 Å². The van der Waals surface area contributed by atoms with Crippen molar-refractivity contribution in [2.75, 3.05) is 23.9 Å². The summed E-state index contributed by atoms with van der Waals surface area (Å²) in [6.07, 6.45) is 0. The average molecular weight is 541 g/mol. The molecule has 0 fully saturated rings. The molecule has 0 aliphatic carbocycles. The van der Waals surface area contributed by atoms with E-state index in [9.17, 15) is 10.1 Å². The first-order valence-electron chi connectivity index (χ1n) is 11.7. The maximum Gasteiger partial charge on any atom is 0.269 e. The molecule has 3 heterocycles. The number of nitrogens with one attached hydrogen (secondary N) is 1. The SMILES string of the molecule is COc1cccc(-c2csc(NC(=O)c3sc4nc(N)c(C#N)c(-c5ccc(C(C)C)cc5)c4c3N)n2)c1. The Kier molecular flexibility index (Phi) is 6.72. The smallest absolute Gasteiger partial charge is 0.269 e. The molecular weight excluding hydrogens is 516 g/mol. The van der Waals surface area contributed by atoms with E-state index in [1.54, 1.807) is 7.11 Å². The van der Waals surface area contributed by atoms with Crippen molar-refractivity contribution >= 4 is 55.4 Å². The van der Waals surface area contributed by atoms with Gasteiger partial charge in [0.2, 0.25) is 0 Å². The zero-order valence-electron chi connectivity index (χ0n) is 20.9. The third kappa shape index (κ3) is 4.53. The second-order valence-electron chi connectivity index (χ2n) is 8.88. The summed E-state index contributed by atoms with van der Waals surface area (Å²) in [5.74, 6) is 0.769. The van der Waals surface area contributed by atoms with Crippen molar-refractivity contribution in [2.24, 2.45) is 0 Å². The van der Waals surface area contributed by atoms with Crippen LogP contribution in [0, 0.1) is 11.3 Å². The summed E-state index contributed by atoms with van der Waals surface area (Å²) in [5, 5.41) is 15.6. The second-order valence-corrected chi connectivity index (χ2v) is 10.7. The van der Waals surface area contributed by atoms with Crippen molar-refractivity contribution in [3.05, 3.63) is 69.9 Å². The molecule has 5 aromatic rings. The van der Waals surface area contributed by atoms with Crippen molar-refractivity contribution in [1.82, 2.24) is 9.97 Å². The number of methoxy groups -OCH3 is 1. The van der Waals surface area contributed by atoms with E-state index in [-0.39, 0.29) is 21.9 Å². The van der Waals surface area contributed by atoms with Gasteiger partial charge in [0, 0.05) is 21.9 Å². The zero-order chi connectivity index (χ0) is 27.0. The van der Waals surface area contributed by atoms with E-state index in [1.165, 1.54) is 16.9 Å². The summed E-state index contributed by atoms with van der Waals surface area (Å²) in [5.41, 5.74) is 17.3. The van der Waals surface area contributed by atoms with Crippen LogP contribution in [0.1, 0.15) is 40.6 Å². The Morgan fingerprint density at radius 2 is 1.87 bits per heavy atom. The van der Waals surface area contributed by atoms with Crippen molar-refractivity contribution < 1.29 is 9.53 Å². The Balaban J connectivity index is 1.53. The predicted molar refractivity (Wildman–Crippen MR) is 155 cm³/mol. The molecule has 0 spiro atoms. The highest BCUT2D eigenvalue weighted by Crippen LogP contribution is 2.43. The number of nitriles is 1. The summed E-state index contributed by atoms with van der Waals surface area (Å²) in [6.45, 7) is 4.23. The Labute approximate surface area is 227 Å². The fourth-order valence-corrected chi connectivity index (χ4v) is 5.90. The molecule has 0 radical (unpaired) electrons. The highest BCUT2D eigenvalue weighted by Gasteiger charge is 2.25. The minimum Gasteiger partial charge on any atom is -0.497 e. The minimum absolute atomic E-state index is 0.0963. The number of carbonyl (C=O) groups excluding carboxylic acids is 1. The number of pyridine rings is 1. The van der Waals surface area contributed by atoms with Crippen LogP contribution in [0.5, 0.6) is 5.75 Å². The molecule has 38 heavy (non-hydrogen) atoms. The monoisotopic (exact) mass is 540 g/mol. The fourth-order valence-electron chi connectivity index (χ4n) is 4.18. The van der Waals surface area contributed by atoms with Gasteiger partial charge < -0.3 is 16.2 Å². The molecule has 0 atom stereocenters. The molecule has 3 aromatic heterocycles. The van der Waals surface area contributed by atoms with E-state index < -0.39 is 5.91 Å². The molecule has 0 saturated carbocycles. The first-order valence-corrected chi connectivity index (χ1v) is 13.4. The van der Waals surface area contributed by atoms with Gasteiger partial charge in [0.1, 0.15) is 32.9 Å². The predicted octanol–water partition coefficient (Wildman–Crippen LogP) is 6.51. The van der Waals surface area contributed by atoms with Crippen LogP contribution in [0.15, 0.2) is 53.9 Å². The Hall–Kier alpha value is -4.46. The lowest BCUT2D eigenvalue weighted by atomic mass is 9.94. The molecule has 1 amide bonds. The molecule has 0 unspecified atom stereocenters. The number of thiazole rings is 1. The number of anilines is 3. The van der Waals surface area contributed by atoms with Gasteiger partial charge in [-0.15, -0.1) is 22.7 Å². The number of ether oxygens (including phenoxy) is 1. The molecule has 5 rings (SSSR count). The van der Waals surface area contributed by atoms with E-state index in [1.807, 2.05) is 53.9 Å². The first kappa shape index (κ1) is 25.2. The number of fused-ring (bicyclic) bond motifs is 1. The van der Waals surface area contributed by atoms with Gasteiger partial charge >= 0.3 is 0 Å². The summed E-state index contributed by atoms with van der Waals surface area (Å²) in [4.78, 5) is 23.0. The summed E-state index contributed by atoms with van der Waals surface area (Å²) >= 11 is 2.44. The van der Waals surface area contributed by atoms with Gasteiger partial charge in [-0.25, -0.2) is 9.97 Å². The van der Waals surface area contributed by atoms with E-state index >= 15 is 0 Å². The largest absolute Gasteiger partial charge is 0.497 e. The van der Waals surface area contributed by atoms with Crippen molar-refractivity contribution in [3.8, 4) is 34.2 Å². The lowest BCUT2D eigenvalue weighted by Gasteiger charge is -2.11. The number of hydrogen-bond acceptors (Lipinski definition) is 9. The topological polar surface area (TPSA) is 140 Å². The molecule has 5 N–H and O–H groups in total. The molecule has 0 saturated heterocycles. The van der Waals surface area contributed by atoms with Gasteiger partial charge in [-0.3, -0.25) is 10.1 Å². The number of nitrogens with zero attached hydrogens (tertiary/aromatic N) is 3. The fraction of sp³-hybridized carbons (Fsp3) is 0.143. The molecular formula is C28H24N6O2S2. The summed E-state index contributed by atoms with van der Waals surface area (Å²) in [6, 6.07) is 17.6. The maximum atomic E-state index is 13.3. The summed E-state index contributed by atoms with van der Waals surface area (Å²) in [7, 11) is 1.61.